The Morgan fingerprint density at radius 3 is 2.24 bits per heavy atom. The first-order chi connectivity index (χ1) is 15.7. The van der Waals surface area contributed by atoms with Gasteiger partial charge in [0, 0.05) is 13.0 Å². The van der Waals surface area contributed by atoms with Gasteiger partial charge in [0.15, 0.2) is 0 Å². The number of hydrogen-bond donors (Lipinski definition) is 1. The van der Waals surface area contributed by atoms with Crippen molar-refractivity contribution >= 4 is 21.6 Å². The molecule has 3 aromatic carbocycles. The zero-order chi connectivity index (χ0) is 24.0. The lowest BCUT2D eigenvalue weighted by Crippen LogP contribution is -2.33. The third kappa shape index (κ3) is 6.45. The number of hydrogen-bond acceptors (Lipinski definition) is 3. The van der Waals surface area contributed by atoms with Gasteiger partial charge in [-0.25, -0.2) is 8.42 Å². The van der Waals surface area contributed by atoms with E-state index in [1.807, 2.05) is 93.6 Å². The van der Waals surface area contributed by atoms with Crippen LogP contribution in [0.1, 0.15) is 46.7 Å². The van der Waals surface area contributed by atoms with Crippen LogP contribution in [-0.2, 0) is 14.8 Å². The van der Waals surface area contributed by atoms with Gasteiger partial charge < -0.3 is 5.32 Å². The van der Waals surface area contributed by atoms with Crippen molar-refractivity contribution in [1.82, 2.24) is 5.32 Å². The van der Waals surface area contributed by atoms with Crippen molar-refractivity contribution in [3.8, 4) is 0 Å². The van der Waals surface area contributed by atoms with Crippen molar-refractivity contribution in [2.75, 3.05) is 17.1 Å². The van der Waals surface area contributed by atoms with Crippen LogP contribution >= 0.6 is 0 Å². The molecule has 0 radical (unpaired) electrons. The summed E-state index contributed by atoms with van der Waals surface area (Å²) in [6, 6.07) is 23.4. The lowest BCUT2D eigenvalue weighted by atomic mass is 9.95. The molecular weight excluding hydrogens is 432 g/mol. The zero-order valence-electron chi connectivity index (χ0n) is 19.7. The van der Waals surface area contributed by atoms with Crippen molar-refractivity contribution in [3.05, 3.63) is 101 Å². The summed E-state index contributed by atoms with van der Waals surface area (Å²) in [6.07, 6.45) is 1.85. The Bertz CT molecular complexity index is 1210. The summed E-state index contributed by atoms with van der Waals surface area (Å²) in [5.41, 5.74) is 5.70. The molecule has 0 heterocycles. The van der Waals surface area contributed by atoms with Crippen molar-refractivity contribution in [1.29, 1.82) is 0 Å². The summed E-state index contributed by atoms with van der Waals surface area (Å²) >= 11 is 0. The number of amides is 1. The molecule has 6 heteroatoms. The molecule has 1 amide bonds. The third-order valence-corrected chi connectivity index (χ3v) is 6.92. The van der Waals surface area contributed by atoms with E-state index in [4.69, 9.17) is 0 Å². The number of nitrogens with zero attached hydrogens (tertiary/aromatic N) is 1. The molecule has 1 atom stereocenters. The molecule has 0 aliphatic carbocycles. The van der Waals surface area contributed by atoms with Gasteiger partial charge in [0.05, 0.1) is 18.0 Å². The van der Waals surface area contributed by atoms with E-state index in [-0.39, 0.29) is 24.9 Å². The molecule has 0 saturated carbocycles. The average Bonchev–Trinajstić information content (AvgIpc) is 2.77. The van der Waals surface area contributed by atoms with E-state index in [1.54, 1.807) is 0 Å². The topological polar surface area (TPSA) is 66.5 Å². The first kappa shape index (κ1) is 24.5. The van der Waals surface area contributed by atoms with Crippen LogP contribution in [0.4, 0.5) is 5.69 Å². The Kier molecular flexibility index (Phi) is 7.92. The minimum Gasteiger partial charge on any atom is -0.345 e. The maximum atomic E-state index is 12.9. The Morgan fingerprint density at radius 1 is 0.909 bits per heavy atom. The molecule has 3 aromatic rings. The van der Waals surface area contributed by atoms with E-state index in [9.17, 15) is 13.2 Å². The van der Waals surface area contributed by atoms with E-state index >= 15 is 0 Å². The van der Waals surface area contributed by atoms with Gasteiger partial charge in [-0.05, 0) is 61.1 Å². The number of nitrogens with one attached hydrogen (secondary N) is 1. The van der Waals surface area contributed by atoms with Crippen LogP contribution in [0.15, 0.2) is 72.8 Å². The van der Waals surface area contributed by atoms with Gasteiger partial charge in [-0.15, -0.1) is 0 Å². The van der Waals surface area contributed by atoms with Crippen molar-refractivity contribution < 1.29 is 13.2 Å². The van der Waals surface area contributed by atoms with Gasteiger partial charge in [0.2, 0.25) is 15.9 Å². The van der Waals surface area contributed by atoms with Crippen LogP contribution in [-0.4, -0.2) is 27.1 Å². The number of sulfonamides is 1. The lowest BCUT2D eigenvalue weighted by Gasteiger charge is -2.25. The predicted molar refractivity (Wildman–Crippen MR) is 135 cm³/mol. The van der Waals surface area contributed by atoms with E-state index in [0.29, 0.717) is 12.1 Å². The Labute approximate surface area is 197 Å². The third-order valence-electron chi connectivity index (χ3n) is 5.74. The molecule has 0 saturated heterocycles. The van der Waals surface area contributed by atoms with Gasteiger partial charge in [-0.1, -0.05) is 66.7 Å². The first-order valence-corrected chi connectivity index (χ1v) is 13.0. The molecule has 0 fully saturated rings. The number of anilines is 1. The predicted octanol–water partition coefficient (Wildman–Crippen LogP) is 5.06. The molecular formula is C27H32N2O3S. The number of carbonyl (C=O) groups excluding carboxylic acids is 1. The molecule has 5 nitrogen and oxygen atoms in total. The fraction of sp³-hybridized carbons (Fsp3) is 0.296. The largest absolute Gasteiger partial charge is 0.345 e. The summed E-state index contributed by atoms with van der Waals surface area (Å²) in [7, 11) is -3.47. The zero-order valence-corrected chi connectivity index (χ0v) is 20.5. The number of aryl methyl sites for hydroxylation is 3. The van der Waals surface area contributed by atoms with Crippen molar-refractivity contribution in [2.24, 2.45) is 0 Å². The van der Waals surface area contributed by atoms with Crippen LogP contribution in [0.3, 0.4) is 0 Å². The highest BCUT2D eigenvalue weighted by atomic mass is 32.2. The Hall–Kier alpha value is -3.12. The molecule has 0 aliphatic heterocycles. The van der Waals surface area contributed by atoms with Crippen LogP contribution < -0.4 is 9.62 Å². The minimum absolute atomic E-state index is 0.110. The molecule has 3 rings (SSSR count). The Balaban J connectivity index is 1.73. The maximum absolute atomic E-state index is 12.9. The lowest BCUT2D eigenvalue weighted by molar-refractivity contribution is -0.121. The highest BCUT2D eigenvalue weighted by Gasteiger charge is 2.21. The second kappa shape index (κ2) is 10.7. The van der Waals surface area contributed by atoms with E-state index < -0.39 is 10.0 Å². The average molecular weight is 465 g/mol. The van der Waals surface area contributed by atoms with Crippen LogP contribution in [0.2, 0.25) is 0 Å². The molecule has 0 aromatic heterocycles. The fourth-order valence-corrected chi connectivity index (χ4v) is 4.98. The maximum Gasteiger partial charge on any atom is 0.232 e. The minimum atomic E-state index is -3.47. The van der Waals surface area contributed by atoms with Gasteiger partial charge in [0.1, 0.15) is 0 Å². The SMILES string of the molecule is Cc1ccc(C)c(N(CCCC(=O)N[C@@H](c2ccccc2)c2ccccc2C)S(C)(=O)=O)c1. The van der Waals surface area contributed by atoms with Gasteiger partial charge in [-0.3, -0.25) is 9.10 Å². The molecule has 0 bridgehead atoms. The molecule has 1 N–H and O–H groups in total. The molecule has 0 spiro atoms. The van der Waals surface area contributed by atoms with Crippen LogP contribution in [0.5, 0.6) is 0 Å². The Morgan fingerprint density at radius 2 is 1.58 bits per heavy atom. The van der Waals surface area contributed by atoms with E-state index in [2.05, 4.69) is 5.32 Å². The number of rotatable bonds is 9. The smallest absolute Gasteiger partial charge is 0.232 e. The summed E-state index contributed by atoms with van der Waals surface area (Å²) in [5.74, 6) is -0.110. The summed E-state index contributed by atoms with van der Waals surface area (Å²) in [6.45, 7) is 6.11. The van der Waals surface area contributed by atoms with Crippen molar-refractivity contribution in [2.45, 2.75) is 39.7 Å². The highest BCUT2D eigenvalue weighted by molar-refractivity contribution is 7.92. The quantitative estimate of drug-likeness (QED) is 0.481. The van der Waals surface area contributed by atoms with Crippen LogP contribution in [0, 0.1) is 20.8 Å². The fourth-order valence-electron chi connectivity index (χ4n) is 3.97. The molecule has 0 aliphatic rings. The summed E-state index contributed by atoms with van der Waals surface area (Å²) < 4.78 is 26.4. The van der Waals surface area contributed by atoms with Gasteiger partial charge >= 0.3 is 0 Å². The second-order valence-corrected chi connectivity index (χ2v) is 10.4. The molecule has 33 heavy (non-hydrogen) atoms. The van der Waals surface area contributed by atoms with E-state index in [1.165, 1.54) is 10.6 Å². The monoisotopic (exact) mass is 464 g/mol. The normalized spacial score (nSPS) is 12.2. The number of carbonyl (C=O) groups is 1. The summed E-state index contributed by atoms with van der Waals surface area (Å²) in [5, 5.41) is 3.16. The van der Waals surface area contributed by atoms with Crippen LogP contribution in [0.25, 0.3) is 0 Å². The standard InChI is InChI=1S/C27H32N2O3S/c1-20-16-17-22(3)25(19-20)29(33(4,31)32)18-10-15-26(30)28-27(23-12-6-5-7-13-23)24-14-9-8-11-21(24)2/h5-9,11-14,16-17,19,27H,10,15,18H2,1-4H3,(H,28,30)/t27-/m0/s1. The number of benzene rings is 3. The van der Waals surface area contributed by atoms with Crippen molar-refractivity contribution in [3.63, 3.8) is 0 Å². The second-order valence-electron chi connectivity index (χ2n) is 8.50. The van der Waals surface area contributed by atoms with Gasteiger partial charge in [0.25, 0.3) is 0 Å². The highest BCUT2D eigenvalue weighted by Crippen LogP contribution is 2.26. The first-order valence-electron chi connectivity index (χ1n) is 11.1. The summed E-state index contributed by atoms with van der Waals surface area (Å²) in [4.78, 5) is 12.9. The van der Waals surface area contributed by atoms with E-state index in [0.717, 1.165) is 27.8 Å². The molecule has 174 valence electrons. The van der Waals surface area contributed by atoms with Gasteiger partial charge in [-0.2, -0.15) is 0 Å². The molecule has 0 unspecified atom stereocenters.